The van der Waals surface area contributed by atoms with Crippen LogP contribution in [0.15, 0.2) is 0 Å². The van der Waals surface area contributed by atoms with Crippen LogP contribution >= 0.6 is 0 Å². The molecular formula is C8H17NO. The molecule has 60 valence electrons. The molecule has 1 fully saturated rings. The minimum Gasteiger partial charge on any atom is -0.381 e. The molecule has 2 heteroatoms. The van der Waals surface area contributed by atoms with Gasteiger partial charge in [-0.1, -0.05) is 6.92 Å². The van der Waals surface area contributed by atoms with Crippen LogP contribution in [0.1, 0.15) is 19.8 Å². The summed E-state index contributed by atoms with van der Waals surface area (Å²) in [5.74, 6) is 1.36. The molecule has 1 aliphatic rings. The van der Waals surface area contributed by atoms with Crippen LogP contribution in [-0.2, 0) is 4.74 Å². The van der Waals surface area contributed by atoms with Gasteiger partial charge < -0.3 is 10.5 Å². The maximum atomic E-state index is 5.55. The van der Waals surface area contributed by atoms with E-state index in [0.29, 0.717) is 5.92 Å². The third kappa shape index (κ3) is 1.96. The molecule has 0 aromatic heterocycles. The SMILES string of the molecule is C[C@H](CN)C1CCCOC1. The Morgan fingerprint density at radius 1 is 1.70 bits per heavy atom. The number of hydrogen-bond donors (Lipinski definition) is 1. The molecule has 0 saturated carbocycles. The predicted molar refractivity (Wildman–Crippen MR) is 41.8 cm³/mol. The van der Waals surface area contributed by atoms with Crippen molar-refractivity contribution in [2.75, 3.05) is 19.8 Å². The molecule has 1 rings (SSSR count). The molecule has 0 aromatic carbocycles. The molecule has 2 nitrogen and oxygen atoms in total. The monoisotopic (exact) mass is 143 g/mol. The molecule has 10 heavy (non-hydrogen) atoms. The van der Waals surface area contributed by atoms with E-state index in [4.69, 9.17) is 10.5 Å². The molecule has 2 atom stereocenters. The largest absolute Gasteiger partial charge is 0.381 e. The molecule has 0 radical (unpaired) electrons. The van der Waals surface area contributed by atoms with Gasteiger partial charge in [0.1, 0.15) is 0 Å². The summed E-state index contributed by atoms with van der Waals surface area (Å²) in [6.07, 6.45) is 2.52. The standard InChI is InChI=1S/C8H17NO/c1-7(5-9)8-3-2-4-10-6-8/h7-8H,2-6,9H2,1H3/t7-,8?/m1/s1. The predicted octanol–water partition coefficient (Wildman–Crippen LogP) is 1.01. The van der Waals surface area contributed by atoms with E-state index in [2.05, 4.69) is 6.92 Å². The van der Waals surface area contributed by atoms with Crippen molar-refractivity contribution in [2.24, 2.45) is 17.6 Å². The van der Waals surface area contributed by atoms with E-state index in [0.717, 1.165) is 25.7 Å². The second-order valence-electron chi connectivity index (χ2n) is 3.19. The summed E-state index contributed by atoms with van der Waals surface area (Å²) < 4.78 is 5.35. The summed E-state index contributed by atoms with van der Waals surface area (Å²) in [6, 6.07) is 0. The van der Waals surface area contributed by atoms with Gasteiger partial charge in [0.25, 0.3) is 0 Å². The number of nitrogens with two attached hydrogens (primary N) is 1. The first-order valence-electron chi connectivity index (χ1n) is 4.12. The van der Waals surface area contributed by atoms with E-state index in [9.17, 15) is 0 Å². The van der Waals surface area contributed by atoms with Crippen molar-refractivity contribution in [1.82, 2.24) is 0 Å². The Hall–Kier alpha value is -0.0800. The maximum absolute atomic E-state index is 5.55. The van der Waals surface area contributed by atoms with Crippen LogP contribution in [-0.4, -0.2) is 19.8 Å². The highest BCUT2D eigenvalue weighted by atomic mass is 16.5. The minimum absolute atomic E-state index is 0.639. The second kappa shape index (κ2) is 3.94. The van der Waals surface area contributed by atoms with Crippen molar-refractivity contribution in [3.05, 3.63) is 0 Å². The first-order chi connectivity index (χ1) is 4.84. The Morgan fingerprint density at radius 3 is 3.00 bits per heavy atom. The summed E-state index contributed by atoms with van der Waals surface area (Å²) in [4.78, 5) is 0. The average molecular weight is 143 g/mol. The van der Waals surface area contributed by atoms with Gasteiger partial charge in [-0.25, -0.2) is 0 Å². The van der Waals surface area contributed by atoms with Crippen LogP contribution in [0, 0.1) is 11.8 Å². The van der Waals surface area contributed by atoms with Crippen LogP contribution in [0.4, 0.5) is 0 Å². The summed E-state index contributed by atoms with van der Waals surface area (Å²) in [7, 11) is 0. The molecule has 2 N–H and O–H groups in total. The highest BCUT2D eigenvalue weighted by Crippen LogP contribution is 2.20. The Labute approximate surface area is 62.7 Å². The van der Waals surface area contributed by atoms with Crippen molar-refractivity contribution < 1.29 is 4.74 Å². The molecule has 1 saturated heterocycles. The Morgan fingerprint density at radius 2 is 2.50 bits per heavy atom. The van der Waals surface area contributed by atoms with Gasteiger partial charge in [-0.2, -0.15) is 0 Å². The van der Waals surface area contributed by atoms with Crippen LogP contribution in [0.5, 0.6) is 0 Å². The van der Waals surface area contributed by atoms with Gasteiger partial charge in [-0.15, -0.1) is 0 Å². The summed E-state index contributed by atoms with van der Waals surface area (Å²) in [6.45, 7) is 4.89. The third-order valence-corrected chi connectivity index (χ3v) is 2.37. The average Bonchev–Trinajstić information content (AvgIpc) is 2.05. The molecule has 0 amide bonds. The fraction of sp³-hybridized carbons (Fsp3) is 1.00. The van der Waals surface area contributed by atoms with Gasteiger partial charge in [-0.05, 0) is 31.2 Å². The van der Waals surface area contributed by atoms with Crippen molar-refractivity contribution in [2.45, 2.75) is 19.8 Å². The zero-order valence-electron chi connectivity index (χ0n) is 6.68. The first-order valence-corrected chi connectivity index (χ1v) is 4.12. The van der Waals surface area contributed by atoms with Crippen molar-refractivity contribution >= 4 is 0 Å². The zero-order chi connectivity index (χ0) is 7.40. The van der Waals surface area contributed by atoms with Gasteiger partial charge in [0, 0.05) is 13.2 Å². The Bertz CT molecular complexity index is 89.3. The second-order valence-corrected chi connectivity index (χ2v) is 3.19. The van der Waals surface area contributed by atoms with Crippen molar-refractivity contribution in [1.29, 1.82) is 0 Å². The zero-order valence-corrected chi connectivity index (χ0v) is 6.68. The van der Waals surface area contributed by atoms with Gasteiger partial charge in [-0.3, -0.25) is 0 Å². The number of rotatable bonds is 2. The van der Waals surface area contributed by atoms with E-state index in [1.807, 2.05) is 0 Å². The van der Waals surface area contributed by atoms with Crippen molar-refractivity contribution in [3.63, 3.8) is 0 Å². The molecule has 1 heterocycles. The molecule has 0 aliphatic carbocycles. The number of hydrogen-bond acceptors (Lipinski definition) is 2. The van der Waals surface area contributed by atoms with E-state index < -0.39 is 0 Å². The van der Waals surface area contributed by atoms with Crippen LogP contribution < -0.4 is 5.73 Å². The number of ether oxygens (including phenoxy) is 1. The minimum atomic E-state index is 0.639. The van der Waals surface area contributed by atoms with E-state index >= 15 is 0 Å². The molecule has 0 bridgehead atoms. The lowest BCUT2D eigenvalue weighted by Crippen LogP contribution is -2.28. The lowest BCUT2D eigenvalue weighted by atomic mass is 9.89. The Balaban J connectivity index is 2.24. The smallest absolute Gasteiger partial charge is 0.0497 e. The highest BCUT2D eigenvalue weighted by molar-refractivity contribution is 4.69. The fourth-order valence-corrected chi connectivity index (χ4v) is 1.41. The Kier molecular flexibility index (Phi) is 3.16. The lowest BCUT2D eigenvalue weighted by Gasteiger charge is -2.26. The quantitative estimate of drug-likeness (QED) is 0.626. The van der Waals surface area contributed by atoms with Gasteiger partial charge >= 0.3 is 0 Å². The highest BCUT2D eigenvalue weighted by Gasteiger charge is 2.18. The summed E-state index contributed by atoms with van der Waals surface area (Å²) in [5, 5.41) is 0. The molecule has 0 aromatic rings. The van der Waals surface area contributed by atoms with E-state index in [1.165, 1.54) is 12.8 Å². The van der Waals surface area contributed by atoms with Crippen LogP contribution in [0.3, 0.4) is 0 Å². The van der Waals surface area contributed by atoms with E-state index in [1.54, 1.807) is 0 Å². The topological polar surface area (TPSA) is 35.2 Å². The summed E-state index contributed by atoms with van der Waals surface area (Å²) >= 11 is 0. The lowest BCUT2D eigenvalue weighted by molar-refractivity contribution is 0.0355. The van der Waals surface area contributed by atoms with E-state index in [-0.39, 0.29) is 0 Å². The summed E-state index contributed by atoms with van der Waals surface area (Å²) in [5.41, 5.74) is 5.55. The third-order valence-electron chi connectivity index (χ3n) is 2.37. The van der Waals surface area contributed by atoms with Crippen molar-refractivity contribution in [3.8, 4) is 0 Å². The van der Waals surface area contributed by atoms with Gasteiger partial charge in [0.15, 0.2) is 0 Å². The van der Waals surface area contributed by atoms with Gasteiger partial charge in [0.05, 0.1) is 0 Å². The van der Waals surface area contributed by atoms with Crippen LogP contribution in [0.2, 0.25) is 0 Å². The maximum Gasteiger partial charge on any atom is 0.0497 e. The molecule has 1 unspecified atom stereocenters. The fourth-order valence-electron chi connectivity index (χ4n) is 1.41. The van der Waals surface area contributed by atoms with Gasteiger partial charge in [0.2, 0.25) is 0 Å². The molecule has 0 spiro atoms. The normalized spacial score (nSPS) is 30.0. The molecular weight excluding hydrogens is 126 g/mol. The first kappa shape index (κ1) is 8.02. The van der Waals surface area contributed by atoms with Crippen LogP contribution in [0.25, 0.3) is 0 Å². The molecule has 1 aliphatic heterocycles.